The summed E-state index contributed by atoms with van der Waals surface area (Å²) in [6, 6.07) is 7.65. The van der Waals surface area contributed by atoms with E-state index in [0.717, 1.165) is 12.1 Å². The number of hydrogen-bond donors (Lipinski definition) is 0. The largest absolute Gasteiger partial charge is 0.427 e. The fourth-order valence-corrected chi connectivity index (χ4v) is 1.64. The Morgan fingerprint density at radius 2 is 2.05 bits per heavy atom. The van der Waals surface area contributed by atoms with Crippen molar-refractivity contribution in [2.24, 2.45) is 0 Å². The summed E-state index contributed by atoms with van der Waals surface area (Å²) in [6.45, 7) is -3.19. The molecule has 0 bridgehead atoms. The molecule has 0 spiro atoms. The molecule has 2 rings (SSSR count). The number of pyridine rings is 1. The van der Waals surface area contributed by atoms with Crippen LogP contribution >= 0.6 is 0 Å². The van der Waals surface area contributed by atoms with E-state index >= 15 is 0 Å². The summed E-state index contributed by atoms with van der Waals surface area (Å²) in [4.78, 5) is 25.9. The number of ketones is 1. The van der Waals surface area contributed by atoms with Crippen molar-refractivity contribution in [3.05, 3.63) is 64.0 Å². The molecule has 0 atom stereocenters. The Morgan fingerprint density at radius 1 is 1.29 bits per heavy atom. The van der Waals surface area contributed by atoms with E-state index in [1.165, 1.54) is 18.3 Å². The molecule has 1 aromatic heterocycles. The first-order valence-electron chi connectivity index (χ1n) is 5.68. The lowest BCUT2D eigenvalue weighted by molar-refractivity contribution is -0.386. The lowest BCUT2D eigenvalue weighted by Gasteiger charge is -2.06. The summed E-state index contributed by atoms with van der Waals surface area (Å²) in [6.07, 6.45) is 1.40. The molecule has 21 heavy (non-hydrogen) atoms. The monoisotopic (exact) mass is 294 g/mol. The number of nitro groups is 1. The molecule has 0 radical (unpaired) electrons. The molecule has 0 fully saturated rings. The van der Waals surface area contributed by atoms with Gasteiger partial charge in [0.15, 0.2) is 0 Å². The quantitative estimate of drug-likeness (QED) is 0.481. The van der Waals surface area contributed by atoms with Crippen molar-refractivity contribution in [2.75, 3.05) is 0 Å². The van der Waals surface area contributed by atoms with Crippen LogP contribution in [0.4, 0.5) is 14.5 Å². The molecule has 0 unspecified atom stereocenters. The van der Waals surface area contributed by atoms with E-state index in [1.54, 1.807) is 12.1 Å². The second-order valence-electron chi connectivity index (χ2n) is 3.86. The fraction of sp³-hybridized carbons (Fsp3) is 0.0769. The van der Waals surface area contributed by atoms with Gasteiger partial charge in [0.2, 0.25) is 11.5 Å². The van der Waals surface area contributed by atoms with E-state index in [-0.39, 0.29) is 11.3 Å². The van der Waals surface area contributed by atoms with Gasteiger partial charge in [0.1, 0.15) is 5.69 Å². The lowest BCUT2D eigenvalue weighted by Crippen LogP contribution is -2.07. The Bertz CT molecular complexity index is 677. The number of ether oxygens (including phenoxy) is 1. The highest BCUT2D eigenvalue weighted by molar-refractivity contribution is 6.08. The molecule has 0 aliphatic carbocycles. The van der Waals surface area contributed by atoms with Crippen molar-refractivity contribution in [3.8, 4) is 5.75 Å². The molecular formula is C13H8F2N2O4. The second-order valence-corrected chi connectivity index (χ2v) is 3.86. The van der Waals surface area contributed by atoms with Crippen LogP contribution in [0.2, 0.25) is 0 Å². The van der Waals surface area contributed by atoms with Gasteiger partial charge in [-0.3, -0.25) is 19.9 Å². The first-order valence-corrected chi connectivity index (χ1v) is 5.68. The highest BCUT2D eigenvalue weighted by atomic mass is 19.3. The smallest absolute Gasteiger partial charge is 0.387 e. The molecule has 0 N–H and O–H groups in total. The predicted molar refractivity (Wildman–Crippen MR) is 67.4 cm³/mol. The van der Waals surface area contributed by atoms with Gasteiger partial charge in [-0.2, -0.15) is 8.78 Å². The van der Waals surface area contributed by atoms with Gasteiger partial charge >= 0.3 is 12.3 Å². The van der Waals surface area contributed by atoms with Crippen molar-refractivity contribution in [2.45, 2.75) is 6.61 Å². The number of halogens is 2. The van der Waals surface area contributed by atoms with Crippen molar-refractivity contribution in [1.29, 1.82) is 0 Å². The minimum Gasteiger partial charge on any atom is -0.427 e. The zero-order chi connectivity index (χ0) is 15.4. The number of alkyl halides is 2. The van der Waals surface area contributed by atoms with E-state index in [9.17, 15) is 23.7 Å². The zero-order valence-electron chi connectivity index (χ0n) is 10.4. The van der Waals surface area contributed by atoms with Crippen molar-refractivity contribution < 1.29 is 23.2 Å². The summed E-state index contributed by atoms with van der Waals surface area (Å²) in [5.74, 6) is -1.16. The van der Waals surface area contributed by atoms with Gasteiger partial charge < -0.3 is 4.74 Å². The van der Waals surface area contributed by atoms with Gasteiger partial charge in [-0.1, -0.05) is 6.07 Å². The molecular weight excluding hydrogens is 286 g/mol. The van der Waals surface area contributed by atoms with Crippen molar-refractivity contribution in [1.82, 2.24) is 4.98 Å². The normalized spacial score (nSPS) is 10.4. The average molecular weight is 294 g/mol. The van der Waals surface area contributed by atoms with Crippen molar-refractivity contribution >= 4 is 11.5 Å². The van der Waals surface area contributed by atoms with Crippen LogP contribution in [-0.4, -0.2) is 22.3 Å². The molecule has 8 heteroatoms. The predicted octanol–water partition coefficient (Wildman–Crippen LogP) is 2.82. The van der Waals surface area contributed by atoms with Gasteiger partial charge in [-0.15, -0.1) is 0 Å². The Labute approximate surface area is 117 Å². The molecule has 0 saturated heterocycles. The van der Waals surface area contributed by atoms with Crippen LogP contribution in [0, 0.1) is 10.1 Å². The van der Waals surface area contributed by atoms with Crippen LogP contribution in [0.15, 0.2) is 42.6 Å². The number of nitro benzene ring substituents is 1. The summed E-state index contributed by atoms with van der Waals surface area (Å²) < 4.78 is 28.4. The topological polar surface area (TPSA) is 82.3 Å². The van der Waals surface area contributed by atoms with E-state index < -0.39 is 28.8 Å². The summed E-state index contributed by atoms with van der Waals surface area (Å²) in [5.41, 5.74) is -0.659. The number of rotatable bonds is 5. The Balaban J connectivity index is 2.40. The molecule has 0 amide bonds. The van der Waals surface area contributed by atoms with Crippen LogP contribution in [-0.2, 0) is 0 Å². The number of benzene rings is 1. The van der Waals surface area contributed by atoms with Crippen LogP contribution in [0.25, 0.3) is 0 Å². The third-order valence-corrected chi connectivity index (χ3v) is 2.53. The molecule has 108 valence electrons. The van der Waals surface area contributed by atoms with Gasteiger partial charge in [-0.05, 0) is 24.3 Å². The molecule has 0 aliphatic rings. The van der Waals surface area contributed by atoms with Crippen LogP contribution in [0.5, 0.6) is 5.75 Å². The third kappa shape index (κ3) is 3.35. The van der Waals surface area contributed by atoms with Gasteiger partial charge in [0.05, 0.1) is 4.92 Å². The minimum absolute atomic E-state index is 0.0398. The molecule has 6 nitrogen and oxygen atoms in total. The Kier molecular flexibility index (Phi) is 4.17. The van der Waals surface area contributed by atoms with E-state index in [4.69, 9.17) is 0 Å². The number of nitrogens with zero attached hydrogens (tertiary/aromatic N) is 2. The average Bonchev–Trinajstić information content (AvgIpc) is 2.47. The fourth-order valence-electron chi connectivity index (χ4n) is 1.64. The zero-order valence-corrected chi connectivity index (χ0v) is 10.4. The summed E-state index contributed by atoms with van der Waals surface area (Å²) in [7, 11) is 0. The Hall–Kier alpha value is -2.90. The van der Waals surface area contributed by atoms with Gasteiger partial charge in [0.25, 0.3) is 0 Å². The maximum atomic E-state index is 12.2. The second kappa shape index (κ2) is 6.04. The minimum atomic E-state index is -3.19. The molecule has 1 heterocycles. The number of hydrogen-bond acceptors (Lipinski definition) is 5. The maximum Gasteiger partial charge on any atom is 0.387 e. The lowest BCUT2D eigenvalue weighted by atomic mass is 10.1. The summed E-state index contributed by atoms with van der Waals surface area (Å²) >= 11 is 0. The molecule has 1 aromatic carbocycles. The third-order valence-electron chi connectivity index (χ3n) is 2.53. The molecule has 0 saturated carbocycles. The summed E-state index contributed by atoms with van der Waals surface area (Å²) in [5, 5.41) is 10.9. The molecule has 2 aromatic rings. The Morgan fingerprint density at radius 3 is 2.62 bits per heavy atom. The highest BCUT2D eigenvalue weighted by Gasteiger charge is 2.22. The SMILES string of the molecule is O=C(c1ccc(OC(F)F)c([N+](=O)[O-])c1)c1ccccn1. The molecule has 0 aliphatic heterocycles. The van der Waals surface area contributed by atoms with E-state index in [2.05, 4.69) is 9.72 Å². The first-order chi connectivity index (χ1) is 9.99. The van der Waals surface area contributed by atoms with Crippen LogP contribution in [0.3, 0.4) is 0 Å². The van der Waals surface area contributed by atoms with Gasteiger partial charge in [-0.25, -0.2) is 0 Å². The number of carbonyl (C=O) groups excluding carboxylic acids is 1. The van der Waals surface area contributed by atoms with E-state index in [1.807, 2.05) is 0 Å². The highest BCUT2D eigenvalue weighted by Crippen LogP contribution is 2.29. The van der Waals surface area contributed by atoms with Crippen LogP contribution < -0.4 is 4.74 Å². The number of aromatic nitrogens is 1. The van der Waals surface area contributed by atoms with Crippen LogP contribution in [0.1, 0.15) is 16.1 Å². The maximum absolute atomic E-state index is 12.2. The standard InChI is InChI=1S/C13H8F2N2O4/c14-13(15)21-11-5-4-8(7-10(11)17(19)20)12(18)9-3-1-2-6-16-9/h1-7,13H. The van der Waals surface area contributed by atoms with E-state index in [0.29, 0.717) is 0 Å². The van der Waals surface area contributed by atoms with Gasteiger partial charge in [0, 0.05) is 17.8 Å². The number of carbonyl (C=O) groups is 1. The first kappa shape index (κ1) is 14.5. The van der Waals surface area contributed by atoms with Crippen molar-refractivity contribution in [3.63, 3.8) is 0 Å².